The Morgan fingerprint density at radius 2 is 1.45 bits per heavy atom. The Labute approximate surface area is 207 Å². The van der Waals surface area contributed by atoms with Crippen molar-refractivity contribution in [2.45, 2.75) is 6.92 Å². The van der Waals surface area contributed by atoms with E-state index in [-0.39, 0.29) is 20.1 Å². The van der Waals surface area contributed by atoms with Crippen molar-refractivity contribution in [3.05, 3.63) is 126 Å². The number of aromatic nitrogens is 2. The Kier molecular flexibility index (Phi) is 6.65. The molecule has 0 atom stereocenters. The molecule has 4 heteroatoms. The van der Waals surface area contributed by atoms with Crippen molar-refractivity contribution < 1.29 is 20.1 Å². The first-order valence-electron chi connectivity index (χ1n) is 10.4. The van der Waals surface area contributed by atoms with Crippen LogP contribution in [0.1, 0.15) is 5.56 Å². The molecule has 3 nitrogen and oxygen atoms in total. The van der Waals surface area contributed by atoms with E-state index in [0.29, 0.717) is 5.69 Å². The number of nitrogens with zero attached hydrogens (tertiary/aromatic N) is 3. The summed E-state index contributed by atoms with van der Waals surface area (Å²) in [5.74, 6) is 0.758. The first-order valence-corrected chi connectivity index (χ1v) is 10.4. The largest absolute Gasteiger partial charge is 0.339 e. The molecular weight excluding hydrogens is 583 g/mol. The average Bonchev–Trinajstić information content (AvgIpc) is 3.34. The second-order valence-corrected chi connectivity index (χ2v) is 7.63. The number of rotatable bonds is 4. The minimum atomic E-state index is 0. The van der Waals surface area contributed by atoms with Gasteiger partial charge >= 0.3 is 0 Å². The van der Waals surface area contributed by atoms with Crippen molar-refractivity contribution in [2.75, 3.05) is 0 Å². The van der Waals surface area contributed by atoms with Crippen molar-refractivity contribution in [1.29, 1.82) is 0 Å². The van der Waals surface area contributed by atoms with Gasteiger partial charge in [0.1, 0.15) is 5.69 Å². The van der Waals surface area contributed by atoms with Gasteiger partial charge in [-0.3, -0.25) is 9.83 Å². The quantitative estimate of drug-likeness (QED) is 0.195. The molecule has 33 heavy (non-hydrogen) atoms. The van der Waals surface area contributed by atoms with Gasteiger partial charge in [-0.1, -0.05) is 60.7 Å². The van der Waals surface area contributed by atoms with Crippen LogP contribution < -0.4 is 0 Å². The van der Waals surface area contributed by atoms with Crippen molar-refractivity contribution in [1.82, 2.24) is 9.55 Å². The normalized spacial score (nSPS) is 10.3. The zero-order valence-electron chi connectivity index (χ0n) is 18.0. The molecule has 0 amide bonds. The third-order valence-corrected chi connectivity index (χ3v) is 5.46. The maximum absolute atomic E-state index is 7.38. The molecule has 0 aliphatic heterocycles. The molecule has 1 heterocycles. The van der Waals surface area contributed by atoms with Gasteiger partial charge in [0.2, 0.25) is 0 Å². The average molecular weight is 603 g/mol. The molecular formula is C29H20IrN3-. The van der Waals surface area contributed by atoms with E-state index in [1.54, 1.807) is 18.3 Å². The van der Waals surface area contributed by atoms with E-state index in [0.717, 1.165) is 39.3 Å². The van der Waals surface area contributed by atoms with E-state index in [1.165, 1.54) is 5.56 Å². The van der Waals surface area contributed by atoms with Crippen LogP contribution in [0.15, 0.2) is 103 Å². The van der Waals surface area contributed by atoms with Gasteiger partial charge in [-0.05, 0) is 35.7 Å². The summed E-state index contributed by atoms with van der Waals surface area (Å²) in [7, 11) is 0. The van der Waals surface area contributed by atoms with Gasteiger partial charge in [0.05, 0.1) is 18.1 Å². The third-order valence-electron chi connectivity index (χ3n) is 5.46. The van der Waals surface area contributed by atoms with Crippen molar-refractivity contribution >= 4 is 5.69 Å². The van der Waals surface area contributed by atoms with Crippen LogP contribution in [0.4, 0.5) is 5.69 Å². The van der Waals surface area contributed by atoms with E-state index < -0.39 is 0 Å². The van der Waals surface area contributed by atoms with Crippen LogP contribution in [-0.4, -0.2) is 9.55 Å². The summed E-state index contributed by atoms with van der Waals surface area (Å²) < 4.78 is 2.11. The minimum absolute atomic E-state index is 0. The molecule has 0 aliphatic rings. The van der Waals surface area contributed by atoms with Crippen molar-refractivity contribution in [3.8, 4) is 39.3 Å². The van der Waals surface area contributed by atoms with Crippen molar-refractivity contribution in [2.24, 2.45) is 0 Å². The summed E-state index contributed by atoms with van der Waals surface area (Å²) in [4.78, 5) is 8.24. The number of hydrogen-bond acceptors (Lipinski definition) is 1. The Balaban J connectivity index is 0.00000259. The zero-order chi connectivity index (χ0) is 21.9. The standard InChI is InChI=1S/C29H20N3.Ir/c1-21-18-26(22-10-5-3-6-11-22)28(27(19-21)23-12-7-4-8-13-23)32-17-16-31-29(32)24-14-9-15-25(20-24)30-2;/h3-13,15-20H,1H3;/q-1;. The zero-order valence-corrected chi connectivity index (χ0v) is 20.4. The molecule has 0 saturated carbocycles. The summed E-state index contributed by atoms with van der Waals surface area (Å²) >= 11 is 0. The first kappa shape index (κ1) is 22.4. The fourth-order valence-electron chi connectivity index (χ4n) is 4.05. The van der Waals surface area contributed by atoms with Gasteiger partial charge in [0, 0.05) is 43.6 Å². The molecule has 0 bridgehead atoms. The molecule has 0 spiro atoms. The SMILES string of the molecule is [C-]#[N+]c1cc[c-]c(-c2nccn2-c2c(-c3ccccc3)cc(C)cc2-c2ccccc2)c1.[Ir]. The van der Waals surface area contributed by atoms with Crippen LogP contribution in [0.3, 0.4) is 0 Å². The van der Waals surface area contributed by atoms with Crippen LogP contribution in [0.25, 0.3) is 44.2 Å². The molecule has 0 fully saturated rings. The van der Waals surface area contributed by atoms with Crippen LogP contribution >= 0.6 is 0 Å². The smallest absolute Gasteiger partial charge is 0.109 e. The topological polar surface area (TPSA) is 22.2 Å². The second-order valence-electron chi connectivity index (χ2n) is 7.63. The molecule has 4 aromatic carbocycles. The fraction of sp³-hybridized carbons (Fsp3) is 0.0345. The van der Waals surface area contributed by atoms with Gasteiger partial charge < -0.3 is 4.57 Å². The summed E-state index contributed by atoms with van der Waals surface area (Å²) in [6.45, 7) is 9.51. The first-order chi connectivity index (χ1) is 15.7. The van der Waals surface area contributed by atoms with Crippen molar-refractivity contribution in [3.63, 3.8) is 0 Å². The minimum Gasteiger partial charge on any atom is -0.339 e. The molecule has 5 aromatic rings. The van der Waals surface area contributed by atoms with E-state index in [4.69, 9.17) is 6.57 Å². The predicted molar refractivity (Wildman–Crippen MR) is 130 cm³/mol. The number of hydrogen-bond donors (Lipinski definition) is 0. The fourth-order valence-corrected chi connectivity index (χ4v) is 4.05. The van der Waals surface area contributed by atoms with E-state index in [9.17, 15) is 0 Å². The maximum Gasteiger partial charge on any atom is 0.109 e. The Morgan fingerprint density at radius 3 is 2.03 bits per heavy atom. The Bertz CT molecular complexity index is 1370. The van der Waals surface area contributed by atoms with Gasteiger partial charge in [0.15, 0.2) is 0 Å². The summed E-state index contributed by atoms with van der Waals surface area (Å²) in [6.07, 6.45) is 3.79. The summed E-state index contributed by atoms with van der Waals surface area (Å²) in [6, 6.07) is 33.9. The number of benzene rings is 4. The summed E-state index contributed by atoms with van der Waals surface area (Å²) in [5, 5.41) is 0. The summed E-state index contributed by atoms with van der Waals surface area (Å²) in [5.41, 5.74) is 8.15. The molecule has 0 aliphatic carbocycles. The van der Waals surface area contributed by atoms with Gasteiger partial charge in [0.25, 0.3) is 0 Å². The molecule has 1 radical (unpaired) electrons. The Morgan fingerprint density at radius 1 is 0.848 bits per heavy atom. The predicted octanol–water partition coefficient (Wildman–Crippen LogP) is 7.53. The van der Waals surface area contributed by atoms with E-state index in [1.807, 2.05) is 24.4 Å². The number of aryl methyl sites for hydroxylation is 1. The molecule has 5 rings (SSSR count). The molecule has 161 valence electrons. The van der Waals surface area contributed by atoms with Crippen LogP contribution in [0.2, 0.25) is 0 Å². The Hall–Kier alpha value is -3.77. The maximum atomic E-state index is 7.38. The number of imidazole rings is 1. The molecule has 0 N–H and O–H groups in total. The van der Waals surface area contributed by atoms with E-state index >= 15 is 0 Å². The van der Waals surface area contributed by atoms with Crippen LogP contribution in [-0.2, 0) is 20.1 Å². The van der Waals surface area contributed by atoms with Gasteiger partial charge in [-0.25, -0.2) is 0 Å². The van der Waals surface area contributed by atoms with Crippen LogP contribution in [0, 0.1) is 19.6 Å². The monoisotopic (exact) mass is 603 g/mol. The third kappa shape index (κ3) is 4.43. The van der Waals surface area contributed by atoms with Crippen LogP contribution in [0.5, 0.6) is 0 Å². The molecule has 0 saturated heterocycles. The molecule has 0 unspecified atom stereocenters. The molecule has 1 aromatic heterocycles. The van der Waals surface area contributed by atoms with Gasteiger partial charge in [-0.15, -0.1) is 23.8 Å². The van der Waals surface area contributed by atoms with E-state index in [2.05, 4.69) is 88.0 Å². The second kappa shape index (κ2) is 9.79. The van der Waals surface area contributed by atoms with Gasteiger partial charge in [-0.2, -0.15) is 6.07 Å².